The number of hydrogen-bond donors (Lipinski definition) is 0. The number of allylic oxidation sites excluding steroid dienone is 4. The minimum Gasteiger partial charge on any atom is -0.294 e. The number of carbonyl (C=O) groups excluding carboxylic acids is 1. The first-order valence-electron chi connectivity index (χ1n) is 5.70. The summed E-state index contributed by atoms with van der Waals surface area (Å²) < 4.78 is 0. The average molecular weight is 222 g/mol. The van der Waals surface area contributed by atoms with Crippen LogP contribution in [0, 0.1) is 24.2 Å². The largest absolute Gasteiger partial charge is 0.294 e. The van der Waals surface area contributed by atoms with Crippen molar-refractivity contribution >= 4 is 5.78 Å². The van der Waals surface area contributed by atoms with E-state index in [1.165, 1.54) is 0 Å². The fraction of sp³-hybridized carbons (Fsp3) is 0.188. The molecule has 2 rings (SSSR count). The molecule has 0 aliphatic heterocycles. The van der Waals surface area contributed by atoms with E-state index in [0.29, 0.717) is 6.42 Å². The second kappa shape index (κ2) is 5.32. The van der Waals surface area contributed by atoms with Crippen molar-refractivity contribution in [1.29, 1.82) is 0 Å². The topological polar surface area (TPSA) is 17.1 Å². The van der Waals surface area contributed by atoms with Gasteiger partial charge in [-0.05, 0) is 0 Å². The lowest BCUT2D eigenvalue weighted by Crippen LogP contribution is -2.13. The van der Waals surface area contributed by atoms with Gasteiger partial charge in [0.25, 0.3) is 0 Å². The van der Waals surface area contributed by atoms with Crippen LogP contribution in [0.5, 0.6) is 0 Å². The van der Waals surface area contributed by atoms with Crippen LogP contribution in [-0.4, -0.2) is 5.78 Å². The molecule has 0 saturated heterocycles. The van der Waals surface area contributed by atoms with Gasteiger partial charge in [-0.15, -0.1) is 12.3 Å². The maximum atomic E-state index is 12.0. The Morgan fingerprint density at radius 1 is 1.24 bits per heavy atom. The Kier molecular flexibility index (Phi) is 3.57. The van der Waals surface area contributed by atoms with Crippen LogP contribution in [0.4, 0.5) is 0 Å². The van der Waals surface area contributed by atoms with Crippen LogP contribution in [0.15, 0.2) is 54.6 Å². The number of ketones is 1. The monoisotopic (exact) mass is 222 g/mol. The summed E-state index contributed by atoms with van der Waals surface area (Å²) in [6.45, 7) is 0. The van der Waals surface area contributed by atoms with Gasteiger partial charge in [0.15, 0.2) is 5.78 Å². The summed E-state index contributed by atoms with van der Waals surface area (Å²) in [7, 11) is 0. The van der Waals surface area contributed by atoms with Crippen molar-refractivity contribution in [2.75, 3.05) is 0 Å². The van der Waals surface area contributed by atoms with Gasteiger partial charge in [0.05, 0.1) is 0 Å². The first-order chi connectivity index (χ1) is 8.31. The van der Waals surface area contributed by atoms with Gasteiger partial charge in [-0.1, -0.05) is 54.6 Å². The van der Waals surface area contributed by atoms with E-state index in [9.17, 15) is 4.79 Å². The van der Waals surface area contributed by atoms with Crippen LogP contribution >= 0.6 is 0 Å². The Balaban J connectivity index is 2.05. The van der Waals surface area contributed by atoms with Crippen LogP contribution in [0.25, 0.3) is 0 Å². The zero-order chi connectivity index (χ0) is 12.1. The lowest BCUT2D eigenvalue weighted by atomic mass is 9.88. The zero-order valence-electron chi connectivity index (χ0n) is 9.54. The Morgan fingerprint density at radius 3 is 2.47 bits per heavy atom. The third kappa shape index (κ3) is 2.73. The highest BCUT2D eigenvalue weighted by Crippen LogP contribution is 2.23. The Morgan fingerprint density at radius 2 is 1.88 bits per heavy atom. The van der Waals surface area contributed by atoms with Gasteiger partial charge >= 0.3 is 0 Å². The van der Waals surface area contributed by atoms with Gasteiger partial charge in [0.1, 0.15) is 0 Å². The molecular formula is C16H14O. The molecular weight excluding hydrogens is 208 g/mol. The van der Waals surface area contributed by atoms with Crippen molar-refractivity contribution in [2.24, 2.45) is 11.8 Å². The molecule has 0 N–H and O–H groups in total. The summed E-state index contributed by atoms with van der Waals surface area (Å²) in [5.41, 5.74) is 0.735. The summed E-state index contributed by atoms with van der Waals surface area (Å²) in [4.78, 5) is 12.0. The molecule has 1 atom stereocenters. The van der Waals surface area contributed by atoms with Crippen molar-refractivity contribution in [3.8, 4) is 12.3 Å². The molecule has 1 aliphatic rings. The fourth-order valence-electron chi connectivity index (χ4n) is 1.97. The standard InChI is InChI=1S/C16H14O/c1-2-13(14-8-6-7-9-14)12-16(17)15-10-4-3-5-11-15/h1,3-11,13-14H,12H2. The minimum atomic E-state index is -0.0438. The van der Waals surface area contributed by atoms with Crippen LogP contribution in [0.3, 0.4) is 0 Å². The predicted molar refractivity (Wildman–Crippen MR) is 69.5 cm³/mol. The fourth-order valence-corrected chi connectivity index (χ4v) is 1.97. The van der Waals surface area contributed by atoms with Crippen molar-refractivity contribution < 1.29 is 4.79 Å². The Labute approximate surface area is 102 Å². The van der Waals surface area contributed by atoms with Gasteiger partial charge in [-0.25, -0.2) is 0 Å². The SMILES string of the molecule is C#CC(CC(=O)c1ccccc1)C1C=CC=C1. The molecule has 1 aromatic rings. The second-order valence-corrected chi connectivity index (χ2v) is 4.11. The van der Waals surface area contributed by atoms with Crippen LogP contribution in [0.1, 0.15) is 16.8 Å². The van der Waals surface area contributed by atoms with Crippen LogP contribution in [-0.2, 0) is 0 Å². The third-order valence-electron chi connectivity index (χ3n) is 2.96. The number of terminal acetylenes is 1. The maximum Gasteiger partial charge on any atom is 0.164 e. The molecule has 1 aromatic carbocycles. The van der Waals surface area contributed by atoms with Gasteiger partial charge in [-0.3, -0.25) is 4.79 Å². The number of hydrogen-bond acceptors (Lipinski definition) is 1. The third-order valence-corrected chi connectivity index (χ3v) is 2.96. The van der Waals surface area contributed by atoms with E-state index in [4.69, 9.17) is 6.42 Å². The predicted octanol–water partition coefficient (Wildman–Crippen LogP) is 3.25. The molecule has 0 spiro atoms. The van der Waals surface area contributed by atoms with E-state index < -0.39 is 0 Å². The normalized spacial score (nSPS) is 15.7. The van der Waals surface area contributed by atoms with E-state index in [1.807, 2.05) is 54.6 Å². The Hall–Kier alpha value is -2.07. The first kappa shape index (κ1) is 11.4. The highest BCUT2D eigenvalue weighted by atomic mass is 16.1. The molecule has 0 aromatic heterocycles. The summed E-state index contributed by atoms with van der Waals surface area (Å²) in [6.07, 6.45) is 13.9. The van der Waals surface area contributed by atoms with E-state index in [2.05, 4.69) is 5.92 Å². The second-order valence-electron chi connectivity index (χ2n) is 4.11. The van der Waals surface area contributed by atoms with E-state index in [-0.39, 0.29) is 17.6 Å². The summed E-state index contributed by atoms with van der Waals surface area (Å²) in [6, 6.07) is 9.30. The van der Waals surface area contributed by atoms with Crippen molar-refractivity contribution in [2.45, 2.75) is 6.42 Å². The molecule has 1 aliphatic carbocycles. The number of rotatable bonds is 4. The lowest BCUT2D eigenvalue weighted by Gasteiger charge is -2.14. The molecule has 0 radical (unpaired) electrons. The van der Waals surface area contributed by atoms with Crippen LogP contribution < -0.4 is 0 Å². The Bertz CT molecular complexity index is 476. The van der Waals surface area contributed by atoms with E-state index in [1.54, 1.807) is 0 Å². The summed E-state index contributed by atoms with van der Waals surface area (Å²) >= 11 is 0. The molecule has 1 heteroatoms. The van der Waals surface area contributed by atoms with Gasteiger partial charge in [-0.2, -0.15) is 0 Å². The van der Waals surface area contributed by atoms with Gasteiger partial charge in [0, 0.05) is 23.8 Å². The molecule has 17 heavy (non-hydrogen) atoms. The molecule has 0 heterocycles. The quantitative estimate of drug-likeness (QED) is 0.564. The lowest BCUT2D eigenvalue weighted by molar-refractivity contribution is 0.0967. The minimum absolute atomic E-state index is 0.0438. The smallest absolute Gasteiger partial charge is 0.164 e. The molecule has 0 amide bonds. The number of Topliss-reactive ketones (excluding diaryl/α,β-unsaturated/α-hetero) is 1. The molecule has 0 fully saturated rings. The molecule has 0 bridgehead atoms. The average Bonchev–Trinajstić information content (AvgIpc) is 2.90. The zero-order valence-corrected chi connectivity index (χ0v) is 9.54. The van der Waals surface area contributed by atoms with Crippen molar-refractivity contribution in [3.05, 3.63) is 60.2 Å². The van der Waals surface area contributed by atoms with Crippen LogP contribution in [0.2, 0.25) is 0 Å². The highest BCUT2D eigenvalue weighted by Gasteiger charge is 2.20. The summed E-state index contributed by atoms with van der Waals surface area (Å²) in [5.74, 6) is 2.99. The number of benzene rings is 1. The molecule has 1 unspecified atom stereocenters. The molecule has 1 nitrogen and oxygen atoms in total. The van der Waals surface area contributed by atoms with Gasteiger partial charge < -0.3 is 0 Å². The van der Waals surface area contributed by atoms with E-state index >= 15 is 0 Å². The summed E-state index contributed by atoms with van der Waals surface area (Å²) in [5, 5.41) is 0. The highest BCUT2D eigenvalue weighted by molar-refractivity contribution is 5.96. The molecule has 0 saturated carbocycles. The first-order valence-corrected chi connectivity index (χ1v) is 5.70. The van der Waals surface area contributed by atoms with Crippen molar-refractivity contribution in [3.63, 3.8) is 0 Å². The van der Waals surface area contributed by atoms with Crippen molar-refractivity contribution in [1.82, 2.24) is 0 Å². The molecule has 84 valence electrons. The van der Waals surface area contributed by atoms with Gasteiger partial charge in [0.2, 0.25) is 0 Å². The maximum absolute atomic E-state index is 12.0. The number of carbonyl (C=O) groups is 1. The van der Waals surface area contributed by atoms with E-state index in [0.717, 1.165) is 5.56 Å².